The highest BCUT2D eigenvalue weighted by atomic mass is 32.1. The Kier molecular flexibility index (Phi) is 3.93. The van der Waals surface area contributed by atoms with Gasteiger partial charge in [0, 0.05) is 10.9 Å². The molecule has 2 N–H and O–H groups in total. The maximum atomic E-state index is 12.2. The van der Waals surface area contributed by atoms with Crippen molar-refractivity contribution in [3.8, 4) is 10.6 Å². The minimum Gasteiger partial charge on any atom is -0.481 e. The van der Waals surface area contributed by atoms with Gasteiger partial charge in [0.25, 0.3) is 0 Å². The second kappa shape index (κ2) is 5.77. The number of thiazole rings is 1. The number of amides is 1. The standard InChI is InChI=1S/C17H18N2O3S/c1-17(2)12(13(17)16(21)22)14(20)18-8-11-9-23-15(19-11)10-6-4-3-5-7-10/h3-7,9,12-13H,8H2,1-2H3,(H,18,20)(H,21,22)/t12-,13+/m1/s1. The van der Waals surface area contributed by atoms with Crippen LogP contribution in [0.5, 0.6) is 0 Å². The molecule has 0 unspecified atom stereocenters. The van der Waals surface area contributed by atoms with Crippen LogP contribution in [-0.2, 0) is 16.1 Å². The summed E-state index contributed by atoms with van der Waals surface area (Å²) in [4.78, 5) is 27.8. The Labute approximate surface area is 138 Å². The number of nitrogens with zero attached hydrogens (tertiary/aromatic N) is 1. The summed E-state index contributed by atoms with van der Waals surface area (Å²) < 4.78 is 0. The molecule has 2 aromatic rings. The molecule has 1 aliphatic rings. The average Bonchev–Trinajstić information content (AvgIpc) is 2.88. The van der Waals surface area contributed by atoms with Crippen molar-refractivity contribution in [2.45, 2.75) is 20.4 Å². The zero-order chi connectivity index (χ0) is 16.6. The van der Waals surface area contributed by atoms with Gasteiger partial charge in [0.2, 0.25) is 5.91 Å². The van der Waals surface area contributed by atoms with Gasteiger partial charge in [0.05, 0.1) is 24.1 Å². The van der Waals surface area contributed by atoms with Gasteiger partial charge in [-0.25, -0.2) is 4.98 Å². The number of carbonyl (C=O) groups excluding carboxylic acids is 1. The van der Waals surface area contributed by atoms with Crippen molar-refractivity contribution in [1.29, 1.82) is 0 Å². The second-order valence-corrected chi connectivity index (χ2v) is 7.20. The minimum atomic E-state index is -0.907. The van der Waals surface area contributed by atoms with E-state index in [0.717, 1.165) is 16.3 Å². The summed E-state index contributed by atoms with van der Waals surface area (Å²) >= 11 is 1.53. The Morgan fingerprint density at radius 3 is 2.57 bits per heavy atom. The number of carbonyl (C=O) groups is 2. The number of aromatic nitrogens is 1. The van der Waals surface area contributed by atoms with Crippen LogP contribution < -0.4 is 5.32 Å². The molecule has 1 saturated carbocycles. The Morgan fingerprint density at radius 2 is 1.96 bits per heavy atom. The van der Waals surface area contributed by atoms with E-state index < -0.39 is 23.2 Å². The lowest BCUT2D eigenvalue weighted by molar-refractivity contribution is -0.140. The fourth-order valence-electron chi connectivity index (χ4n) is 2.98. The highest BCUT2D eigenvalue weighted by molar-refractivity contribution is 7.13. The number of hydrogen-bond acceptors (Lipinski definition) is 4. The van der Waals surface area contributed by atoms with E-state index >= 15 is 0 Å². The third-order valence-corrected chi connectivity index (χ3v) is 5.33. The summed E-state index contributed by atoms with van der Waals surface area (Å²) in [5.74, 6) is -2.18. The van der Waals surface area contributed by atoms with Crippen LogP contribution in [0.4, 0.5) is 0 Å². The minimum absolute atomic E-state index is 0.211. The van der Waals surface area contributed by atoms with Crippen LogP contribution in [0.15, 0.2) is 35.7 Å². The molecule has 120 valence electrons. The molecule has 0 saturated heterocycles. The Balaban J connectivity index is 1.61. The highest BCUT2D eigenvalue weighted by Gasteiger charge is 2.65. The second-order valence-electron chi connectivity index (χ2n) is 6.34. The number of nitrogens with one attached hydrogen (secondary N) is 1. The molecule has 0 bridgehead atoms. The molecule has 1 amide bonds. The highest BCUT2D eigenvalue weighted by Crippen LogP contribution is 2.58. The monoisotopic (exact) mass is 330 g/mol. The lowest BCUT2D eigenvalue weighted by Crippen LogP contribution is -2.26. The molecule has 6 heteroatoms. The first-order valence-corrected chi connectivity index (χ1v) is 8.29. The number of benzene rings is 1. The van der Waals surface area contributed by atoms with E-state index in [0.29, 0.717) is 6.54 Å². The Bertz CT molecular complexity index is 739. The molecule has 1 aromatic carbocycles. The smallest absolute Gasteiger partial charge is 0.307 e. The maximum Gasteiger partial charge on any atom is 0.307 e. The predicted molar refractivity (Wildman–Crippen MR) is 87.8 cm³/mol. The van der Waals surface area contributed by atoms with E-state index in [1.807, 2.05) is 49.6 Å². The van der Waals surface area contributed by atoms with Crippen LogP contribution in [0.25, 0.3) is 10.6 Å². The van der Waals surface area contributed by atoms with Crippen LogP contribution >= 0.6 is 11.3 Å². The van der Waals surface area contributed by atoms with E-state index in [4.69, 9.17) is 5.11 Å². The molecule has 1 aromatic heterocycles. The maximum absolute atomic E-state index is 12.2. The summed E-state index contributed by atoms with van der Waals surface area (Å²) in [5, 5.41) is 14.8. The van der Waals surface area contributed by atoms with Gasteiger partial charge < -0.3 is 10.4 Å². The number of hydrogen-bond donors (Lipinski definition) is 2. The van der Waals surface area contributed by atoms with Gasteiger partial charge in [-0.2, -0.15) is 0 Å². The van der Waals surface area contributed by atoms with Crippen molar-refractivity contribution in [2.75, 3.05) is 0 Å². The summed E-state index contributed by atoms with van der Waals surface area (Å²) in [7, 11) is 0. The van der Waals surface area contributed by atoms with Gasteiger partial charge in [-0.1, -0.05) is 44.2 Å². The Morgan fingerprint density at radius 1 is 1.26 bits per heavy atom. The summed E-state index contributed by atoms with van der Waals surface area (Å²) in [6.07, 6.45) is 0. The van der Waals surface area contributed by atoms with Gasteiger partial charge in [0.15, 0.2) is 0 Å². The van der Waals surface area contributed by atoms with Crippen LogP contribution in [-0.4, -0.2) is 22.0 Å². The summed E-state index contributed by atoms with van der Waals surface area (Å²) in [6, 6.07) is 9.85. The van der Waals surface area contributed by atoms with E-state index in [2.05, 4.69) is 10.3 Å². The largest absolute Gasteiger partial charge is 0.481 e. The lowest BCUT2D eigenvalue weighted by Gasteiger charge is -2.04. The zero-order valence-corrected chi connectivity index (χ0v) is 13.8. The normalized spacial score (nSPS) is 21.7. The van der Waals surface area contributed by atoms with Crippen molar-refractivity contribution in [3.05, 3.63) is 41.4 Å². The third-order valence-electron chi connectivity index (χ3n) is 4.39. The Hall–Kier alpha value is -2.21. The first-order valence-electron chi connectivity index (χ1n) is 7.41. The quantitative estimate of drug-likeness (QED) is 0.883. The molecule has 3 rings (SSSR count). The fraction of sp³-hybridized carbons (Fsp3) is 0.353. The van der Waals surface area contributed by atoms with E-state index in [-0.39, 0.29) is 5.91 Å². The van der Waals surface area contributed by atoms with Crippen molar-refractivity contribution in [2.24, 2.45) is 17.3 Å². The number of carboxylic acids is 1. The predicted octanol–water partition coefficient (Wildman–Crippen LogP) is 2.78. The van der Waals surface area contributed by atoms with Gasteiger partial charge in [-0.05, 0) is 5.41 Å². The molecule has 0 radical (unpaired) electrons. The number of rotatable bonds is 5. The third kappa shape index (κ3) is 2.99. The van der Waals surface area contributed by atoms with Crippen LogP contribution in [0, 0.1) is 17.3 Å². The van der Waals surface area contributed by atoms with Crippen LogP contribution in [0.1, 0.15) is 19.5 Å². The first kappa shape index (κ1) is 15.7. The van der Waals surface area contributed by atoms with Gasteiger partial charge in [-0.15, -0.1) is 11.3 Å². The van der Waals surface area contributed by atoms with Crippen molar-refractivity contribution >= 4 is 23.2 Å². The van der Waals surface area contributed by atoms with Gasteiger partial charge in [-0.3, -0.25) is 9.59 Å². The summed E-state index contributed by atoms with van der Waals surface area (Å²) in [5.41, 5.74) is 1.35. The molecule has 1 fully saturated rings. The fourth-order valence-corrected chi connectivity index (χ4v) is 3.80. The summed E-state index contributed by atoms with van der Waals surface area (Å²) in [6.45, 7) is 3.94. The van der Waals surface area contributed by atoms with E-state index in [1.165, 1.54) is 11.3 Å². The molecular weight excluding hydrogens is 312 g/mol. The zero-order valence-electron chi connectivity index (χ0n) is 12.9. The average molecular weight is 330 g/mol. The van der Waals surface area contributed by atoms with Crippen molar-refractivity contribution in [3.63, 3.8) is 0 Å². The van der Waals surface area contributed by atoms with Gasteiger partial charge >= 0.3 is 5.97 Å². The molecule has 2 atom stereocenters. The van der Waals surface area contributed by atoms with Crippen LogP contribution in [0.3, 0.4) is 0 Å². The SMILES string of the molecule is CC1(C)[C@H](C(=O)O)[C@@H]1C(=O)NCc1csc(-c2ccccc2)n1. The molecule has 0 spiro atoms. The van der Waals surface area contributed by atoms with E-state index in [9.17, 15) is 9.59 Å². The van der Waals surface area contributed by atoms with Crippen molar-refractivity contribution in [1.82, 2.24) is 10.3 Å². The van der Waals surface area contributed by atoms with Crippen LogP contribution in [0.2, 0.25) is 0 Å². The molecule has 1 aliphatic carbocycles. The molecule has 5 nitrogen and oxygen atoms in total. The molecule has 1 heterocycles. The van der Waals surface area contributed by atoms with Gasteiger partial charge in [0.1, 0.15) is 5.01 Å². The first-order chi connectivity index (χ1) is 10.9. The molecular formula is C17H18N2O3S. The topological polar surface area (TPSA) is 79.3 Å². The van der Waals surface area contributed by atoms with Crippen molar-refractivity contribution < 1.29 is 14.7 Å². The molecule has 0 aliphatic heterocycles. The number of carboxylic acid groups (broad SMARTS) is 1. The van der Waals surface area contributed by atoms with E-state index in [1.54, 1.807) is 0 Å². The number of aliphatic carboxylic acids is 1. The molecule has 23 heavy (non-hydrogen) atoms. The lowest BCUT2D eigenvalue weighted by atomic mass is 10.1.